The summed E-state index contributed by atoms with van der Waals surface area (Å²) in [6, 6.07) is 0.206. The number of hydrogen-bond donors (Lipinski definition) is 2. The van der Waals surface area contributed by atoms with Crippen molar-refractivity contribution in [2.75, 3.05) is 6.54 Å². The molecule has 1 heterocycles. The summed E-state index contributed by atoms with van der Waals surface area (Å²) < 4.78 is 41.5. The third kappa shape index (κ3) is 3.71. The summed E-state index contributed by atoms with van der Waals surface area (Å²) in [5, 5.41) is 13.5. The normalized spacial score (nSPS) is 28.6. The largest absolute Gasteiger partial charge is 0.424 e. The molecule has 0 bridgehead atoms. The lowest BCUT2D eigenvalue weighted by atomic mass is 9.78. The Kier molecular flexibility index (Phi) is 5.41. The quantitative estimate of drug-likeness (QED) is 0.871. The zero-order chi connectivity index (χ0) is 17.3. The molecule has 0 amide bonds. The molecular formula is C16H26F3N3O. The molecule has 0 radical (unpaired) electrons. The Morgan fingerprint density at radius 3 is 2.61 bits per heavy atom. The lowest BCUT2D eigenvalue weighted by Crippen LogP contribution is -2.48. The highest BCUT2D eigenvalue weighted by atomic mass is 19.4. The highest BCUT2D eigenvalue weighted by Crippen LogP contribution is 2.40. The number of nitrogens with zero attached hydrogens (tertiary/aromatic N) is 2. The molecule has 0 aromatic carbocycles. The van der Waals surface area contributed by atoms with Gasteiger partial charge in [0.2, 0.25) is 5.60 Å². The molecule has 1 aliphatic rings. The molecule has 4 nitrogen and oxygen atoms in total. The van der Waals surface area contributed by atoms with Crippen LogP contribution in [0.25, 0.3) is 0 Å². The third-order valence-electron chi connectivity index (χ3n) is 5.26. The smallest absolute Gasteiger partial charge is 0.374 e. The van der Waals surface area contributed by atoms with Gasteiger partial charge in [0.1, 0.15) is 5.82 Å². The van der Waals surface area contributed by atoms with Gasteiger partial charge in [-0.05, 0) is 24.8 Å². The van der Waals surface area contributed by atoms with Crippen molar-refractivity contribution in [3.8, 4) is 0 Å². The molecule has 4 unspecified atom stereocenters. The fourth-order valence-corrected chi connectivity index (χ4v) is 3.45. The van der Waals surface area contributed by atoms with E-state index in [-0.39, 0.29) is 18.4 Å². The van der Waals surface area contributed by atoms with E-state index in [9.17, 15) is 18.3 Å². The van der Waals surface area contributed by atoms with Crippen LogP contribution < -0.4 is 5.32 Å². The summed E-state index contributed by atoms with van der Waals surface area (Å²) in [5.41, 5.74) is -2.93. The minimum absolute atomic E-state index is 0.102. The SMILES string of the molecule is CC1CCCC(NCCC(O)(c2nccn2C)C(F)(F)F)C1C. The monoisotopic (exact) mass is 333 g/mol. The van der Waals surface area contributed by atoms with Crippen molar-refractivity contribution in [2.45, 2.75) is 57.3 Å². The second kappa shape index (κ2) is 6.81. The number of hydrogen-bond acceptors (Lipinski definition) is 3. The van der Waals surface area contributed by atoms with E-state index in [1.165, 1.54) is 30.4 Å². The zero-order valence-corrected chi connectivity index (χ0v) is 13.9. The minimum atomic E-state index is -4.76. The van der Waals surface area contributed by atoms with Gasteiger partial charge in [0.25, 0.3) is 0 Å². The van der Waals surface area contributed by atoms with Gasteiger partial charge in [-0.1, -0.05) is 26.7 Å². The summed E-state index contributed by atoms with van der Waals surface area (Å²) in [6.07, 6.45) is 0.691. The predicted molar refractivity (Wildman–Crippen MR) is 81.7 cm³/mol. The Hall–Kier alpha value is -1.08. The fourth-order valence-electron chi connectivity index (χ4n) is 3.45. The molecule has 2 rings (SSSR count). The summed E-state index contributed by atoms with van der Waals surface area (Å²) in [6.45, 7) is 4.42. The van der Waals surface area contributed by atoms with E-state index in [1.807, 2.05) is 0 Å². The highest BCUT2D eigenvalue weighted by Gasteiger charge is 2.57. The van der Waals surface area contributed by atoms with Gasteiger partial charge in [0, 0.05) is 31.9 Å². The third-order valence-corrected chi connectivity index (χ3v) is 5.26. The number of alkyl halides is 3. The number of nitrogens with one attached hydrogen (secondary N) is 1. The van der Waals surface area contributed by atoms with Crippen molar-refractivity contribution in [2.24, 2.45) is 18.9 Å². The van der Waals surface area contributed by atoms with Crippen LogP contribution in [-0.4, -0.2) is 33.4 Å². The molecule has 1 aromatic heterocycles. The second-order valence-electron chi connectivity index (χ2n) is 6.80. The van der Waals surface area contributed by atoms with Crippen molar-refractivity contribution in [1.82, 2.24) is 14.9 Å². The van der Waals surface area contributed by atoms with Crippen LogP contribution in [0.2, 0.25) is 0 Å². The van der Waals surface area contributed by atoms with E-state index in [1.54, 1.807) is 0 Å². The molecule has 1 saturated carbocycles. The van der Waals surface area contributed by atoms with Crippen LogP contribution in [0.5, 0.6) is 0 Å². The molecule has 2 N–H and O–H groups in total. The maximum absolute atomic E-state index is 13.4. The molecule has 1 fully saturated rings. The van der Waals surface area contributed by atoms with E-state index in [0.29, 0.717) is 11.8 Å². The van der Waals surface area contributed by atoms with Crippen molar-refractivity contribution in [3.63, 3.8) is 0 Å². The summed E-state index contributed by atoms with van der Waals surface area (Å²) in [7, 11) is 1.46. The number of imidazole rings is 1. The molecule has 1 aromatic rings. The van der Waals surface area contributed by atoms with E-state index in [0.717, 1.165) is 12.8 Å². The van der Waals surface area contributed by atoms with Crippen molar-refractivity contribution < 1.29 is 18.3 Å². The summed E-state index contributed by atoms with van der Waals surface area (Å²) in [5.74, 6) is 0.630. The second-order valence-corrected chi connectivity index (χ2v) is 6.80. The van der Waals surface area contributed by atoms with Crippen LogP contribution in [0.1, 0.15) is 45.4 Å². The number of rotatable bonds is 5. The Morgan fingerprint density at radius 2 is 2.04 bits per heavy atom. The van der Waals surface area contributed by atoms with Gasteiger partial charge >= 0.3 is 6.18 Å². The summed E-state index contributed by atoms with van der Waals surface area (Å²) in [4.78, 5) is 3.71. The number of halogens is 3. The standard InChI is InChI=1S/C16H26F3N3O/c1-11-5-4-6-13(12(11)2)20-8-7-15(23,16(17,18)19)14-21-9-10-22(14)3/h9-13,20,23H,4-8H2,1-3H3. The van der Waals surface area contributed by atoms with Crippen LogP contribution in [-0.2, 0) is 12.6 Å². The van der Waals surface area contributed by atoms with Crippen molar-refractivity contribution in [1.29, 1.82) is 0 Å². The molecule has 132 valence electrons. The van der Waals surface area contributed by atoms with Gasteiger partial charge < -0.3 is 15.0 Å². The maximum atomic E-state index is 13.4. The van der Waals surface area contributed by atoms with Crippen LogP contribution in [0.15, 0.2) is 12.4 Å². The molecule has 1 aliphatic carbocycles. The number of aryl methyl sites for hydroxylation is 1. The van der Waals surface area contributed by atoms with Crippen LogP contribution >= 0.6 is 0 Å². The van der Waals surface area contributed by atoms with Crippen LogP contribution in [0.4, 0.5) is 13.2 Å². The first-order valence-electron chi connectivity index (χ1n) is 8.17. The molecular weight excluding hydrogens is 307 g/mol. The minimum Gasteiger partial charge on any atom is -0.374 e. The van der Waals surface area contributed by atoms with Gasteiger partial charge in [0.15, 0.2) is 0 Å². The van der Waals surface area contributed by atoms with Gasteiger partial charge in [-0.2, -0.15) is 13.2 Å². The molecule has 0 aliphatic heterocycles. The zero-order valence-electron chi connectivity index (χ0n) is 13.9. The predicted octanol–water partition coefficient (Wildman–Crippen LogP) is 2.97. The van der Waals surface area contributed by atoms with E-state index in [4.69, 9.17) is 0 Å². The fraction of sp³-hybridized carbons (Fsp3) is 0.812. The lowest BCUT2D eigenvalue weighted by Gasteiger charge is -2.36. The van der Waals surface area contributed by atoms with Crippen LogP contribution in [0.3, 0.4) is 0 Å². The Balaban J connectivity index is 2.04. The Morgan fingerprint density at radius 1 is 1.35 bits per heavy atom. The molecule has 4 atom stereocenters. The first kappa shape index (κ1) is 18.3. The average molecular weight is 333 g/mol. The van der Waals surface area contributed by atoms with Crippen LogP contribution in [0, 0.1) is 11.8 Å². The number of aromatic nitrogens is 2. The van der Waals surface area contributed by atoms with E-state index >= 15 is 0 Å². The average Bonchev–Trinajstić information content (AvgIpc) is 2.88. The first-order valence-corrected chi connectivity index (χ1v) is 8.17. The van der Waals surface area contributed by atoms with Gasteiger partial charge in [-0.25, -0.2) is 4.98 Å². The first-order chi connectivity index (χ1) is 10.7. The van der Waals surface area contributed by atoms with Crippen molar-refractivity contribution >= 4 is 0 Å². The molecule has 0 spiro atoms. The van der Waals surface area contributed by atoms with Gasteiger partial charge in [-0.3, -0.25) is 0 Å². The Labute approximate surface area is 135 Å². The Bertz CT molecular complexity index is 517. The molecule has 7 heteroatoms. The van der Waals surface area contributed by atoms with E-state index < -0.39 is 18.2 Å². The highest BCUT2D eigenvalue weighted by molar-refractivity contribution is 5.08. The van der Waals surface area contributed by atoms with Gasteiger partial charge in [0.05, 0.1) is 0 Å². The summed E-state index contributed by atoms with van der Waals surface area (Å²) >= 11 is 0. The number of aliphatic hydroxyl groups is 1. The van der Waals surface area contributed by atoms with E-state index in [2.05, 4.69) is 24.1 Å². The maximum Gasteiger partial charge on any atom is 0.424 e. The van der Waals surface area contributed by atoms with Crippen molar-refractivity contribution in [3.05, 3.63) is 18.2 Å². The molecule has 0 saturated heterocycles. The lowest BCUT2D eigenvalue weighted by molar-refractivity contribution is -0.272. The van der Waals surface area contributed by atoms with Gasteiger partial charge in [-0.15, -0.1) is 0 Å². The topological polar surface area (TPSA) is 50.1 Å². The molecule has 23 heavy (non-hydrogen) atoms.